The van der Waals surface area contributed by atoms with Crippen LogP contribution in [0.2, 0.25) is 0 Å². The van der Waals surface area contributed by atoms with Gasteiger partial charge >= 0.3 is 0 Å². The summed E-state index contributed by atoms with van der Waals surface area (Å²) in [5.74, 6) is 0.925. The van der Waals surface area contributed by atoms with Gasteiger partial charge in [-0.15, -0.1) is 0 Å². The number of ether oxygens (including phenoxy) is 1. The van der Waals surface area contributed by atoms with Crippen LogP contribution >= 0.6 is 0 Å². The van der Waals surface area contributed by atoms with Gasteiger partial charge in [0.1, 0.15) is 5.75 Å². The van der Waals surface area contributed by atoms with E-state index in [9.17, 15) is 9.90 Å². The Morgan fingerprint density at radius 1 is 1.20 bits per heavy atom. The van der Waals surface area contributed by atoms with E-state index in [4.69, 9.17) is 4.74 Å². The molecule has 140 valence electrons. The van der Waals surface area contributed by atoms with Gasteiger partial charge in [-0.2, -0.15) is 0 Å². The van der Waals surface area contributed by atoms with Gasteiger partial charge in [-0.25, -0.2) is 0 Å². The first kappa shape index (κ1) is 19.7. The molecule has 2 atom stereocenters. The summed E-state index contributed by atoms with van der Waals surface area (Å²) in [4.78, 5) is 16.8. The van der Waals surface area contributed by atoms with Gasteiger partial charge in [0.15, 0.2) is 0 Å². The maximum Gasteiger partial charge on any atom is 0.237 e. The second-order valence-corrected chi connectivity index (χ2v) is 6.75. The molecule has 1 heterocycles. The van der Waals surface area contributed by atoms with Crippen molar-refractivity contribution < 1.29 is 14.6 Å². The number of hydrogen-bond acceptors (Lipinski definition) is 5. The molecule has 0 bridgehead atoms. The summed E-state index contributed by atoms with van der Waals surface area (Å²) < 4.78 is 5.15. The Bertz CT molecular complexity index is 525. The topological polar surface area (TPSA) is 65.0 Å². The first-order valence-electron chi connectivity index (χ1n) is 9.04. The molecule has 0 aliphatic carbocycles. The third-order valence-corrected chi connectivity index (χ3v) is 4.73. The zero-order valence-corrected chi connectivity index (χ0v) is 15.6. The Morgan fingerprint density at radius 3 is 2.40 bits per heavy atom. The van der Waals surface area contributed by atoms with E-state index in [1.807, 2.05) is 38.1 Å². The minimum absolute atomic E-state index is 0.0810. The van der Waals surface area contributed by atoms with Crippen LogP contribution in [0.5, 0.6) is 5.75 Å². The molecule has 0 radical (unpaired) electrons. The summed E-state index contributed by atoms with van der Waals surface area (Å²) in [5.41, 5.74) is 1.18. The number of β-amino-alcohol motifs (C(OH)–C–C–N with tert-alkyl or cyclic N) is 1. The van der Waals surface area contributed by atoms with E-state index < -0.39 is 0 Å². The summed E-state index contributed by atoms with van der Waals surface area (Å²) in [5, 5.41) is 12.5. The van der Waals surface area contributed by atoms with Crippen molar-refractivity contribution in [3.8, 4) is 5.75 Å². The van der Waals surface area contributed by atoms with Crippen LogP contribution in [0.4, 0.5) is 0 Å². The molecule has 2 N–H and O–H groups in total. The smallest absolute Gasteiger partial charge is 0.237 e. The van der Waals surface area contributed by atoms with E-state index in [2.05, 4.69) is 15.1 Å². The number of hydrogen-bond donors (Lipinski definition) is 2. The number of piperazine rings is 1. The fourth-order valence-corrected chi connectivity index (χ4v) is 3.14. The lowest BCUT2D eigenvalue weighted by molar-refractivity contribution is -0.126. The first-order valence-corrected chi connectivity index (χ1v) is 9.04. The average Bonchev–Trinajstić information content (AvgIpc) is 2.61. The summed E-state index contributed by atoms with van der Waals surface area (Å²) in [7, 11) is 1.65. The lowest BCUT2D eigenvalue weighted by Gasteiger charge is -2.37. The van der Waals surface area contributed by atoms with Crippen molar-refractivity contribution in [2.45, 2.75) is 32.4 Å². The number of nitrogens with zero attached hydrogens (tertiary/aromatic N) is 2. The molecule has 2 unspecified atom stereocenters. The average molecular weight is 349 g/mol. The third kappa shape index (κ3) is 6.30. The number of aliphatic hydroxyl groups is 1. The van der Waals surface area contributed by atoms with Crippen LogP contribution in [0.1, 0.15) is 19.4 Å². The molecule has 1 saturated heterocycles. The second-order valence-electron chi connectivity index (χ2n) is 6.75. The molecule has 1 aromatic carbocycles. The van der Waals surface area contributed by atoms with Gasteiger partial charge in [-0.05, 0) is 38.0 Å². The van der Waals surface area contributed by atoms with Crippen molar-refractivity contribution in [2.24, 2.45) is 0 Å². The lowest BCUT2D eigenvalue weighted by atomic mass is 10.1. The molecule has 1 fully saturated rings. The number of carbonyl (C=O) groups excluding carboxylic acids is 1. The van der Waals surface area contributed by atoms with Crippen LogP contribution in [0.15, 0.2) is 24.3 Å². The molecule has 1 aliphatic rings. The SMILES string of the molecule is COc1ccc(CCNC(=O)C(C)N2CCN(CC(C)O)CC2)cc1. The molecule has 6 heteroatoms. The zero-order valence-electron chi connectivity index (χ0n) is 15.6. The van der Waals surface area contributed by atoms with Crippen LogP contribution in [0.25, 0.3) is 0 Å². The highest BCUT2D eigenvalue weighted by Crippen LogP contribution is 2.11. The first-order chi connectivity index (χ1) is 12.0. The zero-order chi connectivity index (χ0) is 18.2. The number of nitrogens with one attached hydrogen (secondary N) is 1. The predicted octanol–water partition coefficient (Wildman–Crippen LogP) is 0.741. The molecule has 2 rings (SSSR count). The molecular formula is C19H31N3O3. The van der Waals surface area contributed by atoms with E-state index in [0.29, 0.717) is 13.1 Å². The van der Waals surface area contributed by atoms with Gasteiger partial charge in [0.25, 0.3) is 0 Å². The maximum absolute atomic E-state index is 12.4. The largest absolute Gasteiger partial charge is 0.497 e. The van der Waals surface area contributed by atoms with Crippen molar-refractivity contribution in [3.63, 3.8) is 0 Å². The molecule has 1 aromatic rings. The Balaban J connectivity index is 1.69. The van der Waals surface area contributed by atoms with Gasteiger partial charge in [-0.3, -0.25) is 14.6 Å². The Morgan fingerprint density at radius 2 is 1.84 bits per heavy atom. The van der Waals surface area contributed by atoms with Crippen LogP contribution in [-0.4, -0.2) is 79.3 Å². The molecule has 0 aromatic heterocycles. The van der Waals surface area contributed by atoms with Crippen LogP contribution in [0.3, 0.4) is 0 Å². The van der Waals surface area contributed by atoms with Crippen molar-refractivity contribution in [1.29, 1.82) is 0 Å². The number of amides is 1. The van der Waals surface area contributed by atoms with E-state index in [1.165, 1.54) is 5.56 Å². The fraction of sp³-hybridized carbons (Fsp3) is 0.632. The van der Waals surface area contributed by atoms with Crippen LogP contribution in [-0.2, 0) is 11.2 Å². The molecule has 0 spiro atoms. The Hall–Kier alpha value is -1.63. The highest BCUT2D eigenvalue weighted by atomic mass is 16.5. The number of carbonyl (C=O) groups is 1. The van der Waals surface area contributed by atoms with E-state index in [-0.39, 0.29) is 18.1 Å². The lowest BCUT2D eigenvalue weighted by Crippen LogP contribution is -2.54. The standard InChI is InChI=1S/C19H31N3O3/c1-15(23)14-21-10-12-22(13-11-21)16(2)19(24)20-9-8-17-4-6-18(25-3)7-5-17/h4-7,15-16,23H,8-14H2,1-3H3,(H,20,24). The van der Waals surface area contributed by atoms with E-state index >= 15 is 0 Å². The third-order valence-electron chi connectivity index (χ3n) is 4.73. The van der Waals surface area contributed by atoms with E-state index in [1.54, 1.807) is 7.11 Å². The predicted molar refractivity (Wildman–Crippen MR) is 98.9 cm³/mol. The molecule has 25 heavy (non-hydrogen) atoms. The van der Waals surface area contributed by atoms with Crippen LogP contribution < -0.4 is 10.1 Å². The number of aliphatic hydroxyl groups excluding tert-OH is 1. The van der Waals surface area contributed by atoms with Crippen molar-refractivity contribution in [1.82, 2.24) is 15.1 Å². The highest BCUT2D eigenvalue weighted by molar-refractivity contribution is 5.81. The maximum atomic E-state index is 12.4. The molecular weight excluding hydrogens is 318 g/mol. The number of methoxy groups -OCH3 is 1. The summed E-state index contributed by atoms with van der Waals surface area (Å²) >= 11 is 0. The Labute approximate surface area is 150 Å². The molecule has 0 saturated carbocycles. The van der Waals surface area contributed by atoms with Gasteiger partial charge in [0.2, 0.25) is 5.91 Å². The fourth-order valence-electron chi connectivity index (χ4n) is 3.14. The van der Waals surface area contributed by atoms with Gasteiger partial charge in [0.05, 0.1) is 19.3 Å². The second kappa shape index (κ2) is 9.75. The molecule has 1 amide bonds. The molecule has 6 nitrogen and oxygen atoms in total. The minimum atomic E-state index is -0.301. The highest BCUT2D eigenvalue weighted by Gasteiger charge is 2.25. The molecule has 1 aliphatic heterocycles. The monoisotopic (exact) mass is 349 g/mol. The normalized spacial score (nSPS) is 18.6. The van der Waals surface area contributed by atoms with Crippen LogP contribution in [0, 0.1) is 0 Å². The van der Waals surface area contributed by atoms with Crippen molar-refractivity contribution in [3.05, 3.63) is 29.8 Å². The summed E-state index contributed by atoms with van der Waals surface area (Å²) in [6.07, 6.45) is 0.509. The number of benzene rings is 1. The summed E-state index contributed by atoms with van der Waals surface area (Å²) in [6, 6.07) is 7.80. The summed E-state index contributed by atoms with van der Waals surface area (Å²) in [6.45, 7) is 8.63. The van der Waals surface area contributed by atoms with Crippen molar-refractivity contribution in [2.75, 3.05) is 46.4 Å². The number of rotatable bonds is 8. The van der Waals surface area contributed by atoms with E-state index in [0.717, 1.165) is 38.3 Å². The Kier molecular flexibility index (Phi) is 7.68. The minimum Gasteiger partial charge on any atom is -0.497 e. The van der Waals surface area contributed by atoms with Gasteiger partial charge in [-0.1, -0.05) is 12.1 Å². The van der Waals surface area contributed by atoms with Crippen molar-refractivity contribution >= 4 is 5.91 Å². The van der Waals surface area contributed by atoms with Gasteiger partial charge < -0.3 is 15.2 Å². The quantitative estimate of drug-likeness (QED) is 0.725. The van der Waals surface area contributed by atoms with Gasteiger partial charge in [0, 0.05) is 39.3 Å².